The van der Waals surface area contributed by atoms with Gasteiger partial charge in [-0.25, -0.2) is 4.79 Å². The van der Waals surface area contributed by atoms with Crippen molar-refractivity contribution in [2.24, 2.45) is 0 Å². The van der Waals surface area contributed by atoms with E-state index in [4.69, 9.17) is 4.74 Å². The van der Waals surface area contributed by atoms with E-state index in [2.05, 4.69) is 17.7 Å². The molecular formula is C18H23NO2. The van der Waals surface area contributed by atoms with Crippen molar-refractivity contribution < 1.29 is 9.53 Å². The Morgan fingerprint density at radius 3 is 2.52 bits per heavy atom. The topological polar surface area (TPSA) is 31.2 Å². The molecule has 0 aliphatic heterocycles. The second kappa shape index (κ2) is 7.11. The average Bonchev–Trinajstić information content (AvgIpc) is 2.83. The molecule has 112 valence electrons. The summed E-state index contributed by atoms with van der Waals surface area (Å²) in [5.74, 6) is -0.232. The van der Waals surface area contributed by atoms with E-state index >= 15 is 0 Å². The number of aryl methyl sites for hydroxylation is 1. The number of carbonyl (C=O) groups excluding carboxylic acids is 1. The number of benzene rings is 1. The second-order valence-electron chi connectivity index (χ2n) is 5.14. The van der Waals surface area contributed by atoms with Gasteiger partial charge in [0.25, 0.3) is 0 Å². The van der Waals surface area contributed by atoms with Crippen molar-refractivity contribution in [2.45, 2.75) is 40.2 Å². The third kappa shape index (κ3) is 3.35. The third-order valence-corrected chi connectivity index (χ3v) is 3.66. The number of aromatic nitrogens is 1. The van der Waals surface area contributed by atoms with Gasteiger partial charge in [0.15, 0.2) is 0 Å². The first kappa shape index (κ1) is 15.4. The minimum atomic E-state index is -0.232. The van der Waals surface area contributed by atoms with Gasteiger partial charge >= 0.3 is 5.97 Å². The molecule has 0 saturated heterocycles. The molecule has 2 aromatic rings. The number of rotatable bonds is 6. The Morgan fingerprint density at radius 2 is 1.90 bits per heavy atom. The Bertz CT molecular complexity index is 599. The van der Waals surface area contributed by atoms with Crippen molar-refractivity contribution in [3.8, 4) is 11.1 Å². The van der Waals surface area contributed by atoms with Crippen LogP contribution >= 0.6 is 0 Å². The fourth-order valence-corrected chi connectivity index (χ4v) is 2.51. The predicted octanol–water partition coefficient (Wildman–Crippen LogP) is 4.44. The number of ether oxygens (including phenoxy) is 1. The highest BCUT2D eigenvalue weighted by atomic mass is 16.5. The molecule has 0 aliphatic rings. The largest absolute Gasteiger partial charge is 0.462 e. The molecule has 0 saturated carbocycles. The summed E-state index contributed by atoms with van der Waals surface area (Å²) in [4.78, 5) is 12.3. The lowest BCUT2D eigenvalue weighted by Gasteiger charge is -2.06. The normalized spacial score (nSPS) is 10.6. The first-order chi connectivity index (χ1) is 10.2. The van der Waals surface area contributed by atoms with E-state index in [0.29, 0.717) is 12.2 Å². The van der Waals surface area contributed by atoms with Crippen molar-refractivity contribution in [2.75, 3.05) is 6.61 Å². The molecule has 0 unspecified atom stereocenters. The van der Waals surface area contributed by atoms with Gasteiger partial charge in [0.1, 0.15) is 0 Å². The van der Waals surface area contributed by atoms with Gasteiger partial charge in [-0.05, 0) is 25.8 Å². The van der Waals surface area contributed by atoms with Crippen molar-refractivity contribution >= 4 is 5.97 Å². The maximum Gasteiger partial charge on any atom is 0.340 e. The summed E-state index contributed by atoms with van der Waals surface area (Å²) in [6, 6.07) is 10.0. The lowest BCUT2D eigenvalue weighted by molar-refractivity contribution is 0.0526. The van der Waals surface area contributed by atoms with Crippen molar-refractivity contribution in [1.82, 2.24) is 4.57 Å². The molecule has 0 fully saturated rings. The fraction of sp³-hybridized carbons (Fsp3) is 0.389. The van der Waals surface area contributed by atoms with Crippen LogP contribution in [0.2, 0.25) is 0 Å². The van der Waals surface area contributed by atoms with Crippen molar-refractivity contribution in [3.63, 3.8) is 0 Å². The standard InChI is InChI=1S/C18H23NO2/c1-4-6-12-19-13-16(15-10-8-7-9-11-15)17(14(19)3)18(20)21-5-2/h7-11,13H,4-6,12H2,1-3H3. The van der Waals surface area contributed by atoms with Gasteiger partial charge in [-0.1, -0.05) is 43.7 Å². The molecule has 0 N–H and O–H groups in total. The smallest absolute Gasteiger partial charge is 0.340 e. The molecule has 3 heteroatoms. The van der Waals surface area contributed by atoms with Crippen LogP contribution in [0.4, 0.5) is 0 Å². The maximum absolute atomic E-state index is 12.3. The van der Waals surface area contributed by atoms with Gasteiger partial charge in [-0.15, -0.1) is 0 Å². The van der Waals surface area contributed by atoms with Gasteiger partial charge < -0.3 is 9.30 Å². The lowest BCUT2D eigenvalue weighted by Crippen LogP contribution is -2.08. The molecule has 0 amide bonds. The molecule has 0 spiro atoms. The quantitative estimate of drug-likeness (QED) is 0.735. The maximum atomic E-state index is 12.3. The van der Waals surface area contributed by atoms with E-state index in [9.17, 15) is 4.79 Å². The van der Waals surface area contributed by atoms with Gasteiger partial charge in [0, 0.05) is 24.0 Å². The van der Waals surface area contributed by atoms with Gasteiger partial charge in [-0.3, -0.25) is 0 Å². The van der Waals surface area contributed by atoms with Crippen LogP contribution in [0.15, 0.2) is 36.5 Å². The highest BCUT2D eigenvalue weighted by Crippen LogP contribution is 2.29. The van der Waals surface area contributed by atoms with E-state index in [0.717, 1.165) is 36.2 Å². The molecule has 0 atom stereocenters. The molecule has 1 aromatic heterocycles. The van der Waals surface area contributed by atoms with Crippen LogP contribution in [0.25, 0.3) is 11.1 Å². The number of carbonyl (C=O) groups is 1. The number of unbranched alkanes of at least 4 members (excludes halogenated alkanes) is 1. The number of hydrogen-bond acceptors (Lipinski definition) is 2. The van der Waals surface area contributed by atoms with Crippen LogP contribution < -0.4 is 0 Å². The fourth-order valence-electron chi connectivity index (χ4n) is 2.51. The Kier molecular flexibility index (Phi) is 5.20. The van der Waals surface area contributed by atoms with Crippen LogP contribution in [0, 0.1) is 6.92 Å². The monoisotopic (exact) mass is 285 g/mol. The predicted molar refractivity (Wildman–Crippen MR) is 85.5 cm³/mol. The molecular weight excluding hydrogens is 262 g/mol. The number of nitrogens with zero attached hydrogens (tertiary/aromatic N) is 1. The van der Waals surface area contributed by atoms with E-state index in [-0.39, 0.29) is 5.97 Å². The van der Waals surface area contributed by atoms with Gasteiger partial charge in [-0.2, -0.15) is 0 Å². The summed E-state index contributed by atoms with van der Waals surface area (Å²) in [6.07, 6.45) is 4.31. The average molecular weight is 285 g/mol. The van der Waals surface area contributed by atoms with E-state index in [1.807, 2.05) is 44.2 Å². The van der Waals surface area contributed by atoms with Crippen LogP contribution in [0.5, 0.6) is 0 Å². The van der Waals surface area contributed by atoms with Crippen LogP contribution in [0.1, 0.15) is 42.7 Å². The van der Waals surface area contributed by atoms with E-state index < -0.39 is 0 Å². The summed E-state index contributed by atoms with van der Waals surface area (Å²) in [5, 5.41) is 0. The molecule has 3 nitrogen and oxygen atoms in total. The summed E-state index contributed by atoms with van der Waals surface area (Å²) >= 11 is 0. The zero-order valence-corrected chi connectivity index (χ0v) is 13.1. The molecule has 2 rings (SSSR count). The van der Waals surface area contributed by atoms with Crippen LogP contribution in [-0.4, -0.2) is 17.1 Å². The first-order valence-corrected chi connectivity index (χ1v) is 7.61. The second-order valence-corrected chi connectivity index (χ2v) is 5.14. The molecule has 0 radical (unpaired) electrons. The van der Waals surface area contributed by atoms with Crippen LogP contribution in [0.3, 0.4) is 0 Å². The molecule has 21 heavy (non-hydrogen) atoms. The highest BCUT2D eigenvalue weighted by Gasteiger charge is 2.21. The summed E-state index contributed by atoms with van der Waals surface area (Å²) in [6.45, 7) is 7.33. The molecule has 1 heterocycles. The van der Waals surface area contributed by atoms with E-state index in [1.165, 1.54) is 0 Å². The Morgan fingerprint density at radius 1 is 1.19 bits per heavy atom. The zero-order chi connectivity index (χ0) is 15.2. The lowest BCUT2D eigenvalue weighted by atomic mass is 10.0. The van der Waals surface area contributed by atoms with Gasteiger partial charge in [0.05, 0.1) is 12.2 Å². The van der Waals surface area contributed by atoms with Crippen molar-refractivity contribution in [3.05, 3.63) is 47.8 Å². The van der Waals surface area contributed by atoms with Crippen LogP contribution in [-0.2, 0) is 11.3 Å². The highest BCUT2D eigenvalue weighted by molar-refractivity contribution is 5.98. The first-order valence-electron chi connectivity index (χ1n) is 7.61. The van der Waals surface area contributed by atoms with Gasteiger partial charge in [0.2, 0.25) is 0 Å². The summed E-state index contributed by atoms with van der Waals surface area (Å²) in [7, 11) is 0. The number of hydrogen-bond donors (Lipinski definition) is 0. The third-order valence-electron chi connectivity index (χ3n) is 3.66. The minimum absolute atomic E-state index is 0.232. The summed E-state index contributed by atoms with van der Waals surface area (Å²) in [5.41, 5.74) is 3.70. The molecule has 1 aromatic carbocycles. The summed E-state index contributed by atoms with van der Waals surface area (Å²) < 4.78 is 7.40. The SMILES string of the molecule is CCCCn1cc(-c2ccccc2)c(C(=O)OCC)c1C. The zero-order valence-electron chi connectivity index (χ0n) is 13.1. The Hall–Kier alpha value is -2.03. The molecule has 0 aliphatic carbocycles. The minimum Gasteiger partial charge on any atom is -0.462 e. The Balaban J connectivity index is 2.48. The number of esters is 1. The Labute approximate surface area is 126 Å². The molecule has 0 bridgehead atoms. The van der Waals surface area contributed by atoms with Crippen molar-refractivity contribution in [1.29, 1.82) is 0 Å². The van der Waals surface area contributed by atoms with E-state index in [1.54, 1.807) is 0 Å².